The summed E-state index contributed by atoms with van der Waals surface area (Å²) in [6.07, 6.45) is 0. The predicted octanol–water partition coefficient (Wildman–Crippen LogP) is 0.729. The SMILES string of the molecule is CC(=O)N1CCN(CCSS)CC1. The second-order valence-electron chi connectivity index (χ2n) is 3.18. The Morgan fingerprint density at radius 1 is 1.38 bits per heavy atom. The molecule has 1 amide bonds. The quantitative estimate of drug-likeness (QED) is 0.560. The van der Waals surface area contributed by atoms with Gasteiger partial charge in [-0.05, 0) is 0 Å². The van der Waals surface area contributed by atoms with Crippen LogP contribution in [0.3, 0.4) is 0 Å². The Morgan fingerprint density at radius 2 is 2.00 bits per heavy atom. The lowest BCUT2D eigenvalue weighted by Crippen LogP contribution is -2.48. The largest absolute Gasteiger partial charge is 0.340 e. The van der Waals surface area contributed by atoms with Crippen molar-refractivity contribution in [1.29, 1.82) is 0 Å². The van der Waals surface area contributed by atoms with Gasteiger partial charge in [-0.25, -0.2) is 0 Å². The van der Waals surface area contributed by atoms with E-state index in [1.165, 1.54) is 0 Å². The minimum atomic E-state index is 0.197. The zero-order valence-electron chi connectivity index (χ0n) is 7.90. The summed E-state index contributed by atoms with van der Waals surface area (Å²) in [7, 11) is 1.57. The third-order valence-electron chi connectivity index (χ3n) is 2.32. The lowest BCUT2D eigenvalue weighted by molar-refractivity contribution is -0.130. The normalized spacial score (nSPS) is 19.1. The highest BCUT2D eigenvalue weighted by molar-refractivity contribution is 8.68. The highest BCUT2D eigenvalue weighted by Crippen LogP contribution is 2.07. The zero-order chi connectivity index (χ0) is 9.68. The summed E-state index contributed by atoms with van der Waals surface area (Å²) in [6, 6.07) is 0. The summed E-state index contributed by atoms with van der Waals surface area (Å²) in [5, 5.41) is 0. The number of nitrogens with zero attached hydrogens (tertiary/aromatic N) is 2. The first kappa shape index (κ1) is 11.2. The molecule has 0 atom stereocenters. The molecule has 3 nitrogen and oxygen atoms in total. The molecule has 13 heavy (non-hydrogen) atoms. The van der Waals surface area contributed by atoms with Crippen LogP contribution in [0.1, 0.15) is 6.92 Å². The molecule has 5 heteroatoms. The number of carbonyl (C=O) groups excluding carboxylic acids is 1. The second kappa shape index (κ2) is 5.78. The van der Waals surface area contributed by atoms with E-state index in [1.54, 1.807) is 17.7 Å². The minimum Gasteiger partial charge on any atom is -0.340 e. The summed E-state index contributed by atoms with van der Waals surface area (Å²) in [4.78, 5) is 15.3. The van der Waals surface area contributed by atoms with Gasteiger partial charge in [-0.15, -0.1) is 11.7 Å². The molecular weight excluding hydrogens is 204 g/mol. The Morgan fingerprint density at radius 3 is 2.46 bits per heavy atom. The minimum absolute atomic E-state index is 0.197. The van der Waals surface area contributed by atoms with Crippen molar-refractivity contribution in [3.05, 3.63) is 0 Å². The van der Waals surface area contributed by atoms with Crippen LogP contribution in [0.25, 0.3) is 0 Å². The molecule has 0 bridgehead atoms. The number of carbonyl (C=O) groups is 1. The van der Waals surface area contributed by atoms with Gasteiger partial charge in [0, 0.05) is 45.4 Å². The smallest absolute Gasteiger partial charge is 0.219 e. The van der Waals surface area contributed by atoms with Gasteiger partial charge >= 0.3 is 0 Å². The fraction of sp³-hybridized carbons (Fsp3) is 0.875. The number of hydrogen-bond acceptors (Lipinski definition) is 4. The molecule has 0 spiro atoms. The number of amides is 1. The van der Waals surface area contributed by atoms with Gasteiger partial charge in [0.15, 0.2) is 0 Å². The molecular formula is C8H16N2OS2. The molecule has 1 aliphatic rings. The van der Waals surface area contributed by atoms with E-state index >= 15 is 0 Å². The molecule has 0 aromatic carbocycles. The van der Waals surface area contributed by atoms with Crippen LogP contribution in [-0.4, -0.2) is 54.2 Å². The molecule has 0 aliphatic carbocycles. The molecule has 76 valence electrons. The van der Waals surface area contributed by atoms with Crippen molar-refractivity contribution in [2.24, 2.45) is 0 Å². The molecule has 0 saturated carbocycles. The third kappa shape index (κ3) is 3.79. The summed E-state index contributed by atoms with van der Waals surface area (Å²) >= 11 is 4.10. The first-order valence-corrected chi connectivity index (χ1v) is 6.52. The second-order valence-corrected chi connectivity index (χ2v) is 4.62. The maximum Gasteiger partial charge on any atom is 0.219 e. The highest BCUT2D eigenvalue weighted by atomic mass is 33.1. The molecule has 0 aromatic rings. The highest BCUT2D eigenvalue weighted by Gasteiger charge is 2.17. The van der Waals surface area contributed by atoms with Gasteiger partial charge in [-0.2, -0.15) is 0 Å². The molecule has 1 saturated heterocycles. The van der Waals surface area contributed by atoms with Crippen LogP contribution < -0.4 is 0 Å². The predicted molar refractivity (Wildman–Crippen MR) is 60.1 cm³/mol. The van der Waals surface area contributed by atoms with Crippen molar-refractivity contribution >= 4 is 28.4 Å². The van der Waals surface area contributed by atoms with E-state index in [-0.39, 0.29) is 5.91 Å². The van der Waals surface area contributed by atoms with Gasteiger partial charge in [-0.1, -0.05) is 10.8 Å². The van der Waals surface area contributed by atoms with Crippen LogP contribution in [0, 0.1) is 0 Å². The lowest BCUT2D eigenvalue weighted by atomic mass is 10.3. The number of rotatable bonds is 3. The molecule has 0 aromatic heterocycles. The van der Waals surface area contributed by atoms with Gasteiger partial charge < -0.3 is 4.90 Å². The van der Waals surface area contributed by atoms with E-state index in [0.717, 1.165) is 38.5 Å². The van der Waals surface area contributed by atoms with Gasteiger partial charge in [0.2, 0.25) is 5.91 Å². The maximum atomic E-state index is 11.0. The van der Waals surface area contributed by atoms with Crippen LogP contribution in [0.4, 0.5) is 0 Å². The molecule has 0 unspecified atom stereocenters. The van der Waals surface area contributed by atoms with E-state index in [0.29, 0.717) is 0 Å². The summed E-state index contributed by atoms with van der Waals surface area (Å²) in [5.74, 6) is 1.26. The Balaban J connectivity index is 2.18. The zero-order valence-corrected chi connectivity index (χ0v) is 9.61. The Labute approximate surface area is 88.6 Å². The van der Waals surface area contributed by atoms with Crippen molar-refractivity contribution < 1.29 is 4.79 Å². The van der Waals surface area contributed by atoms with Crippen LogP contribution >= 0.6 is 22.5 Å². The van der Waals surface area contributed by atoms with E-state index in [2.05, 4.69) is 16.6 Å². The topological polar surface area (TPSA) is 23.6 Å². The van der Waals surface area contributed by atoms with Gasteiger partial charge in [-0.3, -0.25) is 9.69 Å². The first-order valence-electron chi connectivity index (χ1n) is 4.48. The van der Waals surface area contributed by atoms with E-state index < -0.39 is 0 Å². The number of piperazine rings is 1. The van der Waals surface area contributed by atoms with Crippen molar-refractivity contribution in [2.75, 3.05) is 38.5 Å². The fourth-order valence-corrected chi connectivity index (χ4v) is 2.04. The summed E-state index contributed by atoms with van der Waals surface area (Å²) in [6.45, 7) is 6.50. The maximum absolute atomic E-state index is 11.0. The molecule has 0 radical (unpaired) electrons. The van der Waals surface area contributed by atoms with Crippen LogP contribution in [0.2, 0.25) is 0 Å². The van der Waals surface area contributed by atoms with Crippen molar-refractivity contribution in [3.8, 4) is 0 Å². The monoisotopic (exact) mass is 220 g/mol. The average Bonchev–Trinajstić information content (AvgIpc) is 2.15. The number of thiol groups is 1. The van der Waals surface area contributed by atoms with Gasteiger partial charge in [0.25, 0.3) is 0 Å². The Bertz CT molecular complexity index is 170. The molecule has 0 N–H and O–H groups in total. The van der Waals surface area contributed by atoms with Crippen molar-refractivity contribution in [2.45, 2.75) is 6.92 Å². The molecule has 1 aliphatic heterocycles. The van der Waals surface area contributed by atoms with E-state index in [9.17, 15) is 4.79 Å². The van der Waals surface area contributed by atoms with Gasteiger partial charge in [0.05, 0.1) is 0 Å². The average molecular weight is 220 g/mol. The molecule has 1 heterocycles. The molecule has 1 fully saturated rings. The van der Waals surface area contributed by atoms with Crippen LogP contribution in [0.15, 0.2) is 0 Å². The van der Waals surface area contributed by atoms with Crippen LogP contribution in [0.5, 0.6) is 0 Å². The van der Waals surface area contributed by atoms with E-state index in [1.807, 2.05) is 4.90 Å². The van der Waals surface area contributed by atoms with E-state index in [4.69, 9.17) is 0 Å². The first-order chi connectivity index (χ1) is 6.24. The van der Waals surface area contributed by atoms with Crippen molar-refractivity contribution in [3.63, 3.8) is 0 Å². The summed E-state index contributed by atoms with van der Waals surface area (Å²) in [5.41, 5.74) is 0. The van der Waals surface area contributed by atoms with Gasteiger partial charge in [0.1, 0.15) is 0 Å². The third-order valence-corrected chi connectivity index (χ3v) is 3.23. The number of hydrogen-bond donors (Lipinski definition) is 1. The Kier molecular flexibility index (Phi) is 4.98. The standard InChI is InChI=1S/C8H16N2OS2/c1-8(11)10-4-2-9(3-5-10)6-7-13-12/h12H,2-7H2,1H3. The Hall–Kier alpha value is 0.130. The summed E-state index contributed by atoms with van der Waals surface area (Å²) < 4.78 is 0. The lowest BCUT2D eigenvalue weighted by Gasteiger charge is -2.33. The molecule has 1 rings (SSSR count). The van der Waals surface area contributed by atoms with Crippen molar-refractivity contribution in [1.82, 2.24) is 9.80 Å². The fourth-order valence-electron chi connectivity index (χ4n) is 1.46. The van der Waals surface area contributed by atoms with Crippen LogP contribution in [-0.2, 0) is 4.79 Å².